The molecule has 0 fully saturated rings. The molecule has 0 bridgehead atoms. The highest BCUT2D eigenvalue weighted by molar-refractivity contribution is 6.06. The molecule has 0 saturated carbocycles. The molecular weight excluding hydrogens is 380 g/mol. The van der Waals surface area contributed by atoms with E-state index in [2.05, 4.69) is 20.6 Å². The van der Waals surface area contributed by atoms with Gasteiger partial charge in [-0.2, -0.15) is 0 Å². The SMILES string of the molecule is Cc1c(O)/c(=C\O)c2nc3c(=O)ccc(C(=O)NCCNCCO)c3[nH]c2c1=O. The lowest BCUT2D eigenvalue weighted by Crippen LogP contribution is -2.33. The fourth-order valence-electron chi connectivity index (χ4n) is 3.01. The number of hydrogen-bond donors (Lipinski definition) is 6. The predicted molar refractivity (Wildman–Crippen MR) is 107 cm³/mol. The maximum Gasteiger partial charge on any atom is 0.253 e. The molecule has 0 aliphatic rings. The van der Waals surface area contributed by atoms with Crippen LogP contribution < -0.4 is 26.7 Å². The number of phenolic OH excluding ortho intramolecular Hbond substituents is 1. The van der Waals surface area contributed by atoms with Crippen LogP contribution in [-0.2, 0) is 0 Å². The second-order valence-corrected chi connectivity index (χ2v) is 6.37. The van der Waals surface area contributed by atoms with E-state index in [1.165, 1.54) is 19.1 Å². The number of hydrogen-bond acceptors (Lipinski definition) is 8. The predicted octanol–water partition coefficient (Wildman–Crippen LogP) is -1.22. The lowest BCUT2D eigenvalue weighted by molar-refractivity contribution is 0.0955. The summed E-state index contributed by atoms with van der Waals surface area (Å²) in [7, 11) is 0. The Morgan fingerprint density at radius 2 is 1.93 bits per heavy atom. The number of rotatable bonds is 6. The van der Waals surface area contributed by atoms with E-state index < -0.39 is 22.5 Å². The van der Waals surface area contributed by atoms with Crippen LogP contribution in [0.15, 0.2) is 21.7 Å². The Morgan fingerprint density at radius 1 is 1.17 bits per heavy atom. The number of carbonyl (C=O) groups is 1. The number of aliphatic hydroxyl groups excluding tert-OH is 2. The fourth-order valence-corrected chi connectivity index (χ4v) is 3.01. The Kier molecular flexibility index (Phi) is 5.76. The van der Waals surface area contributed by atoms with Gasteiger partial charge in [-0.15, -0.1) is 0 Å². The van der Waals surface area contributed by atoms with Gasteiger partial charge in [-0.3, -0.25) is 14.4 Å². The van der Waals surface area contributed by atoms with Crippen molar-refractivity contribution in [3.05, 3.63) is 48.9 Å². The van der Waals surface area contributed by atoms with Crippen molar-refractivity contribution in [2.45, 2.75) is 6.92 Å². The zero-order chi connectivity index (χ0) is 21.1. The smallest absolute Gasteiger partial charge is 0.253 e. The Morgan fingerprint density at radius 3 is 2.62 bits per heavy atom. The molecule has 152 valence electrons. The highest BCUT2D eigenvalue weighted by atomic mass is 16.3. The Bertz CT molecular complexity index is 1270. The number of nitrogens with zero attached hydrogens (tertiary/aromatic N) is 1. The average molecular weight is 400 g/mol. The maximum absolute atomic E-state index is 12.6. The summed E-state index contributed by atoms with van der Waals surface area (Å²) in [5.74, 6) is -0.905. The van der Waals surface area contributed by atoms with Gasteiger partial charge >= 0.3 is 0 Å². The third-order valence-electron chi connectivity index (χ3n) is 4.53. The van der Waals surface area contributed by atoms with Gasteiger partial charge in [-0.1, -0.05) is 0 Å². The zero-order valence-corrected chi connectivity index (χ0v) is 15.6. The van der Waals surface area contributed by atoms with Gasteiger partial charge in [-0.05, 0) is 19.1 Å². The molecule has 3 rings (SSSR count). The van der Waals surface area contributed by atoms with Crippen LogP contribution in [0.3, 0.4) is 0 Å². The lowest BCUT2D eigenvalue weighted by atomic mass is 10.1. The lowest BCUT2D eigenvalue weighted by Gasteiger charge is -2.10. The molecule has 29 heavy (non-hydrogen) atoms. The van der Waals surface area contributed by atoms with Gasteiger partial charge in [0.25, 0.3) is 5.91 Å². The van der Waals surface area contributed by atoms with Crippen LogP contribution in [0, 0.1) is 6.92 Å². The second-order valence-electron chi connectivity index (χ2n) is 6.37. The molecule has 0 atom stereocenters. The van der Waals surface area contributed by atoms with Gasteiger partial charge in [0.2, 0.25) is 10.9 Å². The largest absolute Gasteiger partial charge is 0.515 e. The Hall–Kier alpha value is -3.50. The minimum Gasteiger partial charge on any atom is -0.515 e. The molecule has 1 aromatic heterocycles. The van der Waals surface area contributed by atoms with E-state index >= 15 is 0 Å². The average Bonchev–Trinajstić information content (AvgIpc) is 2.72. The van der Waals surface area contributed by atoms with Crippen molar-refractivity contribution in [3.8, 4) is 5.75 Å². The summed E-state index contributed by atoms with van der Waals surface area (Å²) in [5.41, 5.74) is -1.08. The number of aliphatic hydroxyl groups is 2. The van der Waals surface area contributed by atoms with Crippen LogP contribution in [0.5, 0.6) is 5.75 Å². The quantitative estimate of drug-likeness (QED) is 0.221. The van der Waals surface area contributed by atoms with Crippen molar-refractivity contribution >= 4 is 34.2 Å². The summed E-state index contributed by atoms with van der Waals surface area (Å²) in [4.78, 5) is 44.4. The standard InChI is InChI=1S/C19H20N4O6/c1-9-17(27)11(8-25)14-16(18(9)28)23-13-10(2-3-12(26)15(13)22-14)19(29)21-5-4-20-6-7-24/h2-3,8,20,23-25,27H,4-7H2,1H3,(H,21,29)/b11-8-. The summed E-state index contributed by atoms with van der Waals surface area (Å²) in [6.45, 7) is 2.49. The first-order valence-corrected chi connectivity index (χ1v) is 8.87. The first kappa shape index (κ1) is 20.2. The van der Waals surface area contributed by atoms with Gasteiger partial charge < -0.3 is 30.9 Å². The topological polar surface area (TPSA) is 165 Å². The van der Waals surface area contributed by atoms with Crippen LogP contribution in [0.4, 0.5) is 0 Å². The van der Waals surface area contributed by atoms with Gasteiger partial charge in [0.15, 0.2) is 0 Å². The molecular formula is C19H20N4O6. The molecule has 0 aliphatic heterocycles. The molecule has 10 nitrogen and oxygen atoms in total. The van der Waals surface area contributed by atoms with Crippen molar-refractivity contribution in [3.63, 3.8) is 0 Å². The molecule has 1 amide bonds. The number of aromatic hydroxyl groups is 1. The van der Waals surface area contributed by atoms with Crippen molar-refractivity contribution < 1.29 is 20.1 Å². The number of benzene rings is 2. The van der Waals surface area contributed by atoms with Gasteiger partial charge in [0.05, 0.1) is 29.2 Å². The highest BCUT2D eigenvalue weighted by Gasteiger charge is 2.18. The molecule has 3 aromatic rings. The molecule has 0 aliphatic carbocycles. The second kappa shape index (κ2) is 8.25. The Balaban J connectivity index is 2.17. The number of carbonyl (C=O) groups excluding carboxylic acids is 1. The minimum absolute atomic E-state index is 0.00515. The van der Waals surface area contributed by atoms with Gasteiger partial charge in [0.1, 0.15) is 22.3 Å². The van der Waals surface area contributed by atoms with E-state index in [9.17, 15) is 24.6 Å². The molecule has 1 heterocycles. The molecule has 10 heteroatoms. The molecule has 6 N–H and O–H groups in total. The van der Waals surface area contributed by atoms with E-state index in [1.54, 1.807) is 0 Å². The van der Waals surface area contributed by atoms with E-state index in [4.69, 9.17) is 5.11 Å². The normalized spacial score (nSPS) is 12.0. The van der Waals surface area contributed by atoms with E-state index in [0.717, 1.165) is 0 Å². The van der Waals surface area contributed by atoms with Crippen LogP contribution in [-0.4, -0.2) is 57.4 Å². The summed E-state index contributed by atoms with van der Waals surface area (Å²) in [6.07, 6.45) is 0.608. The van der Waals surface area contributed by atoms with E-state index in [0.29, 0.717) is 19.4 Å². The van der Waals surface area contributed by atoms with Crippen molar-refractivity contribution in [1.82, 2.24) is 20.6 Å². The summed E-state index contributed by atoms with van der Waals surface area (Å²) >= 11 is 0. The molecule has 0 unspecified atom stereocenters. The first-order chi connectivity index (χ1) is 13.9. The van der Waals surface area contributed by atoms with Crippen molar-refractivity contribution in [2.24, 2.45) is 0 Å². The summed E-state index contributed by atoms with van der Waals surface area (Å²) in [5, 5.41) is 33.8. The summed E-state index contributed by atoms with van der Waals surface area (Å²) < 4.78 is 0. The molecule has 0 radical (unpaired) electrons. The highest BCUT2D eigenvalue weighted by Crippen LogP contribution is 2.17. The van der Waals surface area contributed by atoms with Crippen LogP contribution in [0.2, 0.25) is 0 Å². The third kappa shape index (κ3) is 3.62. The minimum atomic E-state index is -0.562. The maximum atomic E-state index is 12.6. The molecule has 0 spiro atoms. The summed E-state index contributed by atoms with van der Waals surface area (Å²) in [6, 6.07) is 2.52. The number of H-pyrrole nitrogens is 1. The van der Waals surface area contributed by atoms with Crippen molar-refractivity contribution in [2.75, 3.05) is 26.2 Å². The third-order valence-corrected chi connectivity index (χ3v) is 4.53. The first-order valence-electron chi connectivity index (χ1n) is 8.87. The number of aromatic nitrogens is 2. The molecule has 2 aromatic carbocycles. The number of aromatic amines is 1. The number of phenols is 1. The number of fused-ring (bicyclic) bond motifs is 2. The molecule has 0 saturated heterocycles. The number of amides is 1. The monoisotopic (exact) mass is 400 g/mol. The van der Waals surface area contributed by atoms with Crippen LogP contribution in [0.25, 0.3) is 28.3 Å². The fraction of sp³-hybridized carbons (Fsp3) is 0.263. The zero-order valence-electron chi connectivity index (χ0n) is 15.6. The Labute approximate surface area is 163 Å². The van der Waals surface area contributed by atoms with E-state index in [-0.39, 0.29) is 51.6 Å². The number of nitrogens with one attached hydrogen (secondary N) is 3. The van der Waals surface area contributed by atoms with Crippen molar-refractivity contribution in [1.29, 1.82) is 0 Å². The van der Waals surface area contributed by atoms with Gasteiger partial charge in [0, 0.05) is 25.2 Å². The van der Waals surface area contributed by atoms with Crippen LogP contribution >= 0.6 is 0 Å². The van der Waals surface area contributed by atoms with E-state index in [1.807, 2.05) is 0 Å². The van der Waals surface area contributed by atoms with Gasteiger partial charge in [-0.25, -0.2) is 4.98 Å². The van der Waals surface area contributed by atoms with Crippen LogP contribution in [0.1, 0.15) is 15.9 Å².